The third-order valence-corrected chi connectivity index (χ3v) is 4.31. The van der Waals surface area contributed by atoms with E-state index < -0.39 is 0 Å². The fourth-order valence-electron chi connectivity index (χ4n) is 2.02. The Morgan fingerprint density at radius 3 is 2.96 bits per heavy atom. The number of amides is 1. The molecule has 1 amide bonds. The number of hydrogen-bond acceptors (Lipinski definition) is 5. The molecule has 0 saturated carbocycles. The lowest BCUT2D eigenvalue weighted by Crippen LogP contribution is -2.30. The third kappa shape index (κ3) is 3.94. The van der Waals surface area contributed by atoms with Crippen LogP contribution < -0.4 is 0 Å². The summed E-state index contributed by atoms with van der Waals surface area (Å²) >= 11 is 7.57. The Labute approximate surface area is 142 Å². The van der Waals surface area contributed by atoms with Gasteiger partial charge in [0.2, 0.25) is 11.7 Å². The second kappa shape index (κ2) is 6.89. The number of carbonyl (C=O) groups excluding carboxylic acids is 1. The summed E-state index contributed by atoms with van der Waals surface area (Å²) in [7, 11) is 1.76. The van der Waals surface area contributed by atoms with Gasteiger partial charge in [0.15, 0.2) is 0 Å². The molecule has 1 aromatic carbocycles. The van der Waals surface area contributed by atoms with Crippen molar-refractivity contribution in [3.05, 3.63) is 51.7 Å². The molecule has 0 N–H and O–H groups in total. The molecule has 3 rings (SSSR count). The van der Waals surface area contributed by atoms with Crippen LogP contribution in [-0.2, 0) is 17.9 Å². The Morgan fingerprint density at radius 2 is 2.22 bits per heavy atom. The number of hydrogen-bond donors (Lipinski definition) is 0. The summed E-state index contributed by atoms with van der Waals surface area (Å²) in [6.45, 7) is 0.627. The van der Waals surface area contributed by atoms with Gasteiger partial charge in [0.25, 0.3) is 0 Å². The molecule has 2 heterocycles. The van der Waals surface area contributed by atoms with Crippen molar-refractivity contribution < 1.29 is 4.79 Å². The number of rotatable bonds is 5. The van der Waals surface area contributed by atoms with Crippen molar-refractivity contribution >= 4 is 28.8 Å². The van der Waals surface area contributed by atoms with Crippen molar-refractivity contribution in [2.45, 2.75) is 13.1 Å². The van der Waals surface area contributed by atoms with Crippen LogP contribution in [0.1, 0.15) is 4.88 Å². The highest BCUT2D eigenvalue weighted by molar-refractivity contribution is 7.09. The Kier molecular flexibility index (Phi) is 4.68. The Balaban J connectivity index is 1.65. The highest BCUT2D eigenvalue weighted by Crippen LogP contribution is 2.18. The molecule has 23 heavy (non-hydrogen) atoms. The van der Waals surface area contributed by atoms with E-state index in [9.17, 15) is 4.79 Å². The molecule has 2 aromatic heterocycles. The van der Waals surface area contributed by atoms with Gasteiger partial charge in [-0.3, -0.25) is 4.79 Å². The Morgan fingerprint density at radius 1 is 1.35 bits per heavy atom. The molecular formula is C15H14ClN5OS. The molecule has 0 aliphatic rings. The molecule has 0 radical (unpaired) electrons. The average Bonchev–Trinajstić information content (AvgIpc) is 3.19. The van der Waals surface area contributed by atoms with Crippen LogP contribution in [0.3, 0.4) is 0 Å². The first-order valence-corrected chi connectivity index (χ1v) is 8.17. The van der Waals surface area contributed by atoms with E-state index in [-0.39, 0.29) is 12.5 Å². The summed E-state index contributed by atoms with van der Waals surface area (Å²) in [4.78, 5) is 16.3. The van der Waals surface area contributed by atoms with Crippen molar-refractivity contribution in [1.82, 2.24) is 25.1 Å². The van der Waals surface area contributed by atoms with Crippen LogP contribution in [0.4, 0.5) is 0 Å². The van der Waals surface area contributed by atoms with Gasteiger partial charge < -0.3 is 4.90 Å². The summed E-state index contributed by atoms with van der Waals surface area (Å²) in [6, 6.07) is 11.2. The Bertz CT molecular complexity index is 802. The van der Waals surface area contributed by atoms with Crippen LogP contribution in [-0.4, -0.2) is 38.1 Å². The summed E-state index contributed by atoms with van der Waals surface area (Å²) in [5.41, 5.74) is 0.767. The first-order valence-electron chi connectivity index (χ1n) is 6.92. The summed E-state index contributed by atoms with van der Waals surface area (Å²) in [5, 5.41) is 14.7. The number of benzene rings is 1. The van der Waals surface area contributed by atoms with Gasteiger partial charge in [-0.2, -0.15) is 4.80 Å². The monoisotopic (exact) mass is 347 g/mol. The van der Waals surface area contributed by atoms with Crippen LogP contribution in [0.5, 0.6) is 0 Å². The van der Waals surface area contributed by atoms with E-state index in [0.717, 1.165) is 10.4 Å². The van der Waals surface area contributed by atoms with E-state index >= 15 is 0 Å². The zero-order chi connectivity index (χ0) is 16.2. The maximum absolute atomic E-state index is 12.2. The van der Waals surface area contributed by atoms with Crippen LogP contribution in [0.25, 0.3) is 11.4 Å². The van der Waals surface area contributed by atoms with Gasteiger partial charge in [-0.05, 0) is 28.8 Å². The molecule has 0 spiro atoms. The van der Waals surface area contributed by atoms with Gasteiger partial charge in [0.05, 0.1) is 6.54 Å². The standard InChI is InChI=1S/C15H14ClN5OS/c1-20(9-13-6-3-7-23-13)14(22)10-21-18-15(17-19-21)11-4-2-5-12(16)8-11/h2-8H,9-10H2,1H3. The fraction of sp³-hybridized carbons (Fsp3) is 0.200. The second-order valence-electron chi connectivity index (χ2n) is 4.98. The topological polar surface area (TPSA) is 63.9 Å². The lowest BCUT2D eigenvalue weighted by Gasteiger charge is -2.15. The van der Waals surface area contributed by atoms with Crippen LogP contribution in [0.2, 0.25) is 5.02 Å². The molecule has 0 atom stereocenters. The Hall–Kier alpha value is -2.25. The molecule has 8 heteroatoms. The first kappa shape index (κ1) is 15.6. The minimum Gasteiger partial charge on any atom is -0.339 e. The second-order valence-corrected chi connectivity index (χ2v) is 6.45. The third-order valence-electron chi connectivity index (χ3n) is 3.21. The minimum absolute atomic E-state index is 0.0510. The SMILES string of the molecule is CN(Cc1cccs1)C(=O)Cn1nnc(-c2cccc(Cl)c2)n1. The van der Waals surface area contributed by atoms with Gasteiger partial charge in [0.1, 0.15) is 6.54 Å². The van der Waals surface area contributed by atoms with Gasteiger partial charge in [-0.15, -0.1) is 21.5 Å². The van der Waals surface area contributed by atoms with E-state index in [2.05, 4.69) is 15.4 Å². The van der Waals surface area contributed by atoms with Crippen molar-refractivity contribution in [2.24, 2.45) is 0 Å². The lowest BCUT2D eigenvalue weighted by molar-refractivity contribution is -0.131. The maximum Gasteiger partial charge on any atom is 0.246 e. The van der Waals surface area contributed by atoms with E-state index in [4.69, 9.17) is 11.6 Å². The average molecular weight is 348 g/mol. The molecule has 3 aromatic rings. The zero-order valence-corrected chi connectivity index (χ0v) is 14.0. The van der Waals surface area contributed by atoms with Crippen molar-refractivity contribution in [3.8, 4) is 11.4 Å². The molecule has 0 fully saturated rings. The summed E-state index contributed by atoms with van der Waals surface area (Å²) in [5.74, 6) is 0.370. The number of nitrogens with zero attached hydrogens (tertiary/aromatic N) is 5. The van der Waals surface area contributed by atoms with Crippen LogP contribution in [0.15, 0.2) is 41.8 Å². The molecule has 0 aliphatic heterocycles. The van der Waals surface area contributed by atoms with Gasteiger partial charge >= 0.3 is 0 Å². The van der Waals surface area contributed by atoms with E-state index in [1.54, 1.807) is 35.4 Å². The lowest BCUT2D eigenvalue weighted by atomic mass is 10.2. The minimum atomic E-state index is -0.0755. The zero-order valence-electron chi connectivity index (χ0n) is 12.4. The van der Waals surface area contributed by atoms with Crippen molar-refractivity contribution in [1.29, 1.82) is 0 Å². The number of tetrazole rings is 1. The highest BCUT2D eigenvalue weighted by Gasteiger charge is 2.13. The molecule has 0 unspecified atom stereocenters. The molecule has 0 saturated heterocycles. The predicted molar refractivity (Wildman–Crippen MR) is 89.1 cm³/mol. The number of thiophene rings is 1. The van der Waals surface area contributed by atoms with Gasteiger partial charge in [0, 0.05) is 22.5 Å². The summed E-state index contributed by atoms with van der Waals surface area (Å²) in [6.07, 6.45) is 0. The molecular weight excluding hydrogens is 334 g/mol. The first-order chi connectivity index (χ1) is 11.1. The van der Waals surface area contributed by atoms with Crippen molar-refractivity contribution in [2.75, 3.05) is 7.05 Å². The molecule has 0 aliphatic carbocycles. The number of likely N-dealkylation sites (N-methyl/N-ethyl adjacent to an activating group) is 1. The number of aromatic nitrogens is 4. The van der Waals surface area contributed by atoms with Gasteiger partial charge in [-0.1, -0.05) is 29.8 Å². The number of carbonyl (C=O) groups is 1. The fourth-order valence-corrected chi connectivity index (χ4v) is 2.97. The molecule has 0 bridgehead atoms. The molecule has 6 nitrogen and oxygen atoms in total. The quantitative estimate of drug-likeness (QED) is 0.712. The number of halogens is 1. The summed E-state index contributed by atoms with van der Waals surface area (Å²) < 4.78 is 0. The van der Waals surface area contributed by atoms with E-state index in [0.29, 0.717) is 17.4 Å². The maximum atomic E-state index is 12.2. The highest BCUT2D eigenvalue weighted by atomic mass is 35.5. The van der Waals surface area contributed by atoms with Crippen LogP contribution >= 0.6 is 22.9 Å². The van der Waals surface area contributed by atoms with E-state index in [1.807, 2.05) is 29.6 Å². The largest absolute Gasteiger partial charge is 0.339 e. The predicted octanol–water partition coefficient (Wildman–Crippen LogP) is 2.71. The molecule has 118 valence electrons. The van der Waals surface area contributed by atoms with E-state index in [1.165, 1.54) is 4.80 Å². The smallest absolute Gasteiger partial charge is 0.246 e. The van der Waals surface area contributed by atoms with Crippen molar-refractivity contribution in [3.63, 3.8) is 0 Å². The normalized spacial score (nSPS) is 10.7. The van der Waals surface area contributed by atoms with Gasteiger partial charge in [-0.25, -0.2) is 0 Å². The van der Waals surface area contributed by atoms with Crippen LogP contribution in [0, 0.1) is 0 Å².